The van der Waals surface area contributed by atoms with E-state index >= 15 is 0 Å². The van der Waals surface area contributed by atoms with Crippen molar-refractivity contribution in [3.05, 3.63) is 118 Å². The number of hydrogen-bond acceptors (Lipinski definition) is 13. The van der Waals surface area contributed by atoms with Crippen molar-refractivity contribution in [1.29, 1.82) is 0 Å². The fourth-order valence-corrected chi connectivity index (χ4v) is 10.5. The summed E-state index contributed by atoms with van der Waals surface area (Å²) in [6.45, 7) is 20.0. The van der Waals surface area contributed by atoms with E-state index in [1.807, 2.05) is 54.6 Å². The first kappa shape index (κ1) is 56.0. The SMILES string of the molecule is CCN(CC)c1cc(C#Cc2cc(CN3CCN(Cc4cccc(P(C)(=O)O)n4)CCN(Cc4cc(C#Cc5ccc(OC)c(N(CC)CC)c5)cc(P(C)(=O)O)n4)CC3)nc(P(C)(=O)O)c2)ccc1OC. The standard InChI is InChI=1S/C53H69N8O8P3/c1-10-60(11-2)47-33-40(21-23-49(47)68-5)17-19-42-31-45(55-52(35-42)71(8,64)65)38-58-27-25-57(37-44-15-14-16-51(54-44)70(7,62)63)26-28-59(30-29-58)39-46-32-43(36-53(56-46)72(9,66)67)20-18-41-22-24-50(69-6)48(34-41)61(12-3)13-4/h14-16,21-24,31-36H,10-13,25-30,37-39H2,1-9H3,(H,62,63)(H,64,65)(H,66,67). The van der Waals surface area contributed by atoms with E-state index in [2.05, 4.69) is 80.9 Å². The van der Waals surface area contributed by atoms with Crippen LogP contribution in [0.15, 0.2) is 78.9 Å². The van der Waals surface area contributed by atoms with Gasteiger partial charge in [-0.1, -0.05) is 29.7 Å². The second kappa shape index (κ2) is 25.1. The van der Waals surface area contributed by atoms with Crippen molar-refractivity contribution in [3.8, 4) is 35.2 Å². The zero-order valence-corrected chi connectivity index (χ0v) is 45.7. The van der Waals surface area contributed by atoms with Crippen molar-refractivity contribution in [2.45, 2.75) is 47.3 Å². The molecule has 3 N–H and O–H groups in total. The number of anilines is 2. The summed E-state index contributed by atoms with van der Waals surface area (Å²) >= 11 is 0. The lowest BCUT2D eigenvalue weighted by atomic mass is 10.1. The van der Waals surface area contributed by atoms with Crippen LogP contribution in [0.2, 0.25) is 0 Å². The lowest BCUT2D eigenvalue weighted by Gasteiger charge is -2.26. The Hall–Kier alpha value is -5.34. The van der Waals surface area contributed by atoms with Gasteiger partial charge in [0.2, 0.25) is 22.1 Å². The molecule has 5 aromatic rings. The molecule has 3 unspecified atom stereocenters. The van der Waals surface area contributed by atoms with Gasteiger partial charge >= 0.3 is 0 Å². The number of rotatable bonds is 17. The molecule has 3 atom stereocenters. The largest absolute Gasteiger partial charge is 0.495 e. The fourth-order valence-electron chi connectivity index (χ4n) is 8.45. The Labute approximate surface area is 425 Å². The van der Waals surface area contributed by atoms with E-state index < -0.39 is 22.1 Å². The third-order valence-corrected chi connectivity index (χ3v) is 15.7. The van der Waals surface area contributed by atoms with Crippen LogP contribution >= 0.6 is 22.1 Å². The minimum atomic E-state index is -3.80. The highest BCUT2D eigenvalue weighted by Gasteiger charge is 2.24. The van der Waals surface area contributed by atoms with Crippen LogP contribution in [0.25, 0.3) is 0 Å². The van der Waals surface area contributed by atoms with Crippen LogP contribution in [0.5, 0.6) is 11.5 Å². The van der Waals surface area contributed by atoms with Crippen LogP contribution in [-0.2, 0) is 33.3 Å². The number of methoxy groups -OCH3 is 2. The third kappa shape index (κ3) is 15.6. The Kier molecular flexibility index (Phi) is 19.5. The second-order valence-corrected chi connectivity index (χ2v) is 24.6. The Morgan fingerprint density at radius 2 is 0.833 bits per heavy atom. The molecule has 384 valence electrons. The van der Waals surface area contributed by atoms with Crippen LogP contribution in [-0.4, -0.2) is 144 Å². The van der Waals surface area contributed by atoms with Crippen molar-refractivity contribution in [2.24, 2.45) is 0 Å². The molecule has 1 aliphatic rings. The van der Waals surface area contributed by atoms with Gasteiger partial charge in [-0.15, -0.1) is 0 Å². The molecule has 72 heavy (non-hydrogen) atoms. The molecule has 0 saturated carbocycles. The summed E-state index contributed by atoms with van der Waals surface area (Å²) in [5, 5.41) is 0. The molecule has 2 aromatic carbocycles. The number of aromatic nitrogens is 3. The molecule has 3 aromatic heterocycles. The lowest BCUT2D eigenvalue weighted by Crippen LogP contribution is -2.36. The molecule has 6 rings (SSSR count). The van der Waals surface area contributed by atoms with Gasteiger partial charge in [0.15, 0.2) is 0 Å². The van der Waals surface area contributed by atoms with Gasteiger partial charge in [-0.05, 0) is 100 Å². The first-order chi connectivity index (χ1) is 34.2. The van der Waals surface area contributed by atoms with Crippen molar-refractivity contribution >= 4 is 49.8 Å². The predicted molar refractivity (Wildman–Crippen MR) is 290 cm³/mol. The van der Waals surface area contributed by atoms with Crippen LogP contribution in [0.1, 0.15) is 67.0 Å². The van der Waals surface area contributed by atoms with Crippen LogP contribution in [0, 0.1) is 23.7 Å². The van der Waals surface area contributed by atoms with E-state index in [1.54, 1.807) is 38.5 Å². The Bertz CT molecular complexity index is 2800. The van der Waals surface area contributed by atoms with Gasteiger partial charge in [-0.2, -0.15) is 0 Å². The van der Waals surface area contributed by atoms with Crippen molar-refractivity contribution in [2.75, 3.05) is 109 Å². The first-order valence-corrected chi connectivity index (χ1v) is 30.5. The van der Waals surface area contributed by atoms with Gasteiger partial charge in [-0.3, -0.25) is 28.4 Å². The highest BCUT2D eigenvalue weighted by molar-refractivity contribution is 7.65. The molecule has 0 radical (unpaired) electrons. The normalized spacial score (nSPS) is 16.2. The van der Waals surface area contributed by atoms with Crippen LogP contribution in [0.3, 0.4) is 0 Å². The lowest BCUT2D eigenvalue weighted by molar-refractivity contribution is 0.207. The molecular formula is C53H69N8O8P3. The van der Waals surface area contributed by atoms with Crippen LogP contribution in [0.4, 0.5) is 11.4 Å². The molecule has 1 fully saturated rings. The number of pyridine rings is 3. The number of nitrogens with zero attached hydrogens (tertiary/aromatic N) is 8. The maximum atomic E-state index is 13.2. The molecule has 1 aliphatic heterocycles. The maximum Gasteiger partial charge on any atom is 0.244 e. The minimum Gasteiger partial charge on any atom is -0.495 e. The molecule has 0 aliphatic carbocycles. The molecule has 16 nitrogen and oxygen atoms in total. The average molecular weight is 1040 g/mol. The van der Waals surface area contributed by atoms with E-state index in [4.69, 9.17) is 19.4 Å². The van der Waals surface area contributed by atoms with Gasteiger partial charge in [0.05, 0.1) is 42.7 Å². The summed E-state index contributed by atoms with van der Waals surface area (Å²) in [6.07, 6.45) is 0. The summed E-state index contributed by atoms with van der Waals surface area (Å²) in [6, 6.07) is 23.6. The maximum absolute atomic E-state index is 13.2. The van der Waals surface area contributed by atoms with Crippen molar-refractivity contribution in [3.63, 3.8) is 0 Å². The van der Waals surface area contributed by atoms with Gasteiger partial charge < -0.3 is 34.0 Å². The molecule has 0 bridgehead atoms. The predicted octanol–water partition coefficient (Wildman–Crippen LogP) is 5.78. The van der Waals surface area contributed by atoms with E-state index in [0.717, 1.165) is 60.2 Å². The van der Waals surface area contributed by atoms with Crippen molar-refractivity contribution < 1.29 is 37.8 Å². The first-order valence-electron chi connectivity index (χ1n) is 24.2. The van der Waals surface area contributed by atoms with E-state index in [1.165, 1.54) is 20.0 Å². The van der Waals surface area contributed by atoms with Crippen LogP contribution < -0.4 is 35.6 Å². The molecular weight excluding hydrogens is 970 g/mol. The Morgan fingerprint density at radius 1 is 0.486 bits per heavy atom. The smallest absolute Gasteiger partial charge is 0.244 e. The molecule has 4 heterocycles. The highest BCUT2D eigenvalue weighted by Crippen LogP contribution is 2.36. The van der Waals surface area contributed by atoms with Gasteiger partial charge in [-0.25, -0.2) is 15.0 Å². The average Bonchev–Trinajstić information content (AvgIpc) is 3.43. The fraction of sp³-hybridized carbons (Fsp3) is 0.415. The summed E-state index contributed by atoms with van der Waals surface area (Å²) in [7, 11) is -7.90. The quantitative estimate of drug-likeness (QED) is 0.0752. The van der Waals surface area contributed by atoms with E-state index in [0.29, 0.717) is 87.1 Å². The van der Waals surface area contributed by atoms with E-state index in [9.17, 15) is 28.4 Å². The molecule has 19 heteroatoms. The number of ether oxygens (including phenoxy) is 2. The van der Waals surface area contributed by atoms with E-state index in [-0.39, 0.29) is 16.3 Å². The number of hydrogen-bond donors (Lipinski definition) is 3. The Morgan fingerprint density at radius 3 is 1.18 bits per heavy atom. The van der Waals surface area contributed by atoms with Crippen molar-refractivity contribution in [1.82, 2.24) is 29.7 Å². The second-order valence-electron chi connectivity index (χ2n) is 18.0. The third-order valence-electron chi connectivity index (χ3n) is 12.4. The molecule has 0 spiro atoms. The molecule has 0 amide bonds. The zero-order valence-electron chi connectivity index (χ0n) is 43.0. The summed E-state index contributed by atoms with van der Waals surface area (Å²) in [5.74, 6) is 14.5. The number of benzene rings is 2. The van der Waals surface area contributed by atoms with Gasteiger partial charge in [0.25, 0.3) is 0 Å². The summed E-state index contributed by atoms with van der Waals surface area (Å²) in [4.78, 5) is 57.1. The monoisotopic (exact) mass is 1040 g/mol. The van der Waals surface area contributed by atoms with Gasteiger partial charge in [0.1, 0.15) is 27.8 Å². The summed E-state index contributed by atoms with van der Waals surface area (Å²) in [5.41, 5.74) is 6.61. The Balaban J connectivity index is 1.33. The molecule has 1 saturated heterocycles. The highest BCUT2D eigenvalue weighted by atomic mass is 31.2. The summed E-state index contributed by atoms with van der Waals surface area (Å²) < 4.78 is 50.3. The zero-order chi connectivity index (χ0) is 52.2. The van der Waals surface area contributed by atoms with Gasteiger partial charge in [0, 0.05) is 127 Å². The minimum absolute atomic E-state index is 0.0664. The topological polar surface area (TPSA) is 185 Å².